The number of carbonyl (C=O) groups is 2. The van der Waals surface area contributed by atoms with E-state index in [1.54, 1.807) is 36.4 Å². The topological polar surface area (TPSA) is 105 Å². The van der Waals surface area contributed by atoms with Crippen molar-refractivity contribution < 1.29 is 14.0 Å². The molecule has 0 aliphatic rings. The van der Waals surface area contributed by atoms with Gasteiger partial charge in [0.1, 0.15) is 0 Å². The maximum absolute atomic E-state index is 13.1. The van der Waals surface area contributed by atoms with Crippen LogP contribution in [0.3, 0.4) is 0 Å². The summed E-state index contributed by atoms with van der Waals surface area (Å²) < 4.78 is 5.08. The molecule has 170 valence electrons. The van der Waals surface area contributed by atoms with Crippen molar-refractivity contribution in [2.45, 2.75) is 0 Å². The van der Waals surface area contributed by atoms with Gasteiger partial charge in [0.25, 0.3) is 5.91 Å². The highest BCUT2D eigenvalue weighted by Crippen LogP contribution is 2.22. The third-order valence-corrected chi connectivity index (χ3v) is 5.39. The molecule has 5 aromatic rings. The van der Waals surface area contributed by atoms with Crippen molar-refractivity contribution in [3.63, 3.8) is 0 Å². The summed E-state index contributed by atoms with van der Waals surface area (Å²) in [5.74, 6) is -0.900. The van der Waals surface area contributed by atoms with E-state index in [9.17, 15) is 14.4 Å². The summed E-state index contributed by atoms with van der Waals surface area (Å²) in [5, 5.41) is 10.9. The van der Waals surface area contributed by atoms with Crippen molar-refractivity contribution in [3.8, 4) is 0 Å². The van der Waals surface area contributed by atoms with Crippen LogP contribution in [-0.2, 0) is 0 Å². The normalized spacial score (nSPS) is 11.1. The van der Waals surface area contributed by atoms with Crippen LogP contribution in [0.1, 0.15) is 37.7 Å². The number of ketones is 1. The van der Waals surface area contributed by atoms with Crippen LogP contribution in [-0.4, -0.2) is 21.9 Å². The molecule has 5 rings (SSSR count). The number of H-pyrrole nitrogens is 1. The number of nitrogens with one attached hydrogen (secondary N) is 2. The molecule has 0 bridgehead atoms. The van der Waals surface area contributed by atoms with Crippen molar-refractivity contribution in [2.24, 2.45) is 0 Å². The lowest BCUT2D eigenvalue weighted by molar-refractivity contribution is 0.0992. The second-order valence-corrected chi connectivity index (χ2v) is 7.81. The zero-order valence-electron chi connectivity index (χ0n) is 18.4. The summed E-state index contributed by atoms with van der Waals surface area (Å²) in [6.07, 6.45) is 5.07. The Morgan fingerprint density at radius 2 is 1.69 bits per heavy atom. The average Bonchev–Trinajstić information content (AvgIpc) is 3.30. The third-order valence-electron chi connectivity index (χ3n) is 5.39. The fourth-order valence-corrected chi connectivity index (χ4v) is 3.65. The summed E-state index contributed by atoms with van der Waals surface area (Å²) >= 11 is 0. The number of aromatic nitrogens is 2. The van der Waals surface area contributed by atoms with Gasteiger partial charge in [-0.2, -0.15) is 5.10 Å². The lowest BCUT2D eigenvalue weighted by atomic mass is 10.0. The minimum absolute atomic E-state index is 0.115. The van der Waals surface area contributed by atoms with Crippen molar-refractivity contribution in [2.75, 3.05) is 5.32 Å². The Kier molecular flexibility index (Phi) is 5.88. The van der Waals surface area contributed by atoms with Gasteiger partial charge in [0.05, 0.1) is 17.5 Å². The highest BCUT2D eigenvalue weighted by atomic mass is 16.3. The largest absolute Gasteiger partial charge is 0.459 e. The first-order chi connectivity index (χ1) is 17.1. The van der Waals surface area contributed by atoms with Gasteiger partial charge in [0, 0.05) is 34.3 Å². The van der Waals surface area contributed by atoms with Gasteiger partial charge in [-0.15, -0.1) is 0 Å². The van der Waals surface area contributed by atoms with E-state index in [-0.39, 0.29) is 17.0 Å². The molecule has 2 aromatic heterocycles. The van der Waals surface area contributed by atoms with Crippen molar-refractivity contribution in [1.29, 1.82) is 0 Å². The predicted octanol–water partition coefficient (Wildman–Crippen LogP) is 5.17. The zero-order chi connectivity index (χ0) is 24.2. The molecule has 0 fully saturated rings. The molecule has 0 saturated carbocycles. The SMILES string of the molecule is O=C(c1cccc(NC(=O)c2cc(=O)cco2)c1)c1ccc2c(/C=C/c3ccccc3)n[nH]c2c1. The first-order valence-corrected chi connectivity index (χ1v) is 10.8. The molecule has 2 N–H and O–H groups in total. The van der Waals surface area contributed by atoms with Crippen LogP contribution >= 0.6 is 0 Å². The van der Waals surface area contributed by atoms with Crippen LogP contribution < -0.4 is 10.7 Å². The summed E-state index contributed by atoms with van der Waals surface area (Å²) in [4.78, 5) is 37.0. The molecule has 0 saturated heterocycles. The van der Waals surface area contributed by atoms with E-state index in [1.165, 1.54) is 6.07 Å². The van der Waals surface area contributed by atoms with Crippen LogP contribution in [0, 0.1) is 0 Å². The number of benzene rings is 3. The van der Waals surface area contributed by atoms with Gasteiger partial charge >= 0.3 is 0 Å². The number of carbonyl (C=O) groups excluding carboxylic acids is 2. The molecule has 2 heterocycles. The molecule has 0 atom stereocenters. The van der Waals surface area contributed by atoms with Crippen molar-refractivity contribution in [1.82, 2.24) is 10.2 Å². The van der Waals surface area contributed by atoms with Gasteiger partial charge in [-0.1, -0.05) is 54.6 Å². The molecule has 0 spiro atoms. The molecule has 7 nitrogen and oxygen atoms in total. The monoisotopic (exact) mass is 461 g/mol. The van der Waals surface area contributed by atoms with Gasteiger partial charge in [0.15, 0.2) is 17.0 Å². The highest BCUT2D eigenvalue weighted by molar-refractivity contribution is 6.11. The fraction of sp³-hybridized carbons (Fsp3) is 0. The summed E-state index contributed by atoms with van der Waals surface area (Å²) in [7, 11) is 0. The van der Waals surface area contributed by atoms with Crippen LogP contribution in [0.5, 0.6) is 0 Å². The first-order valence-electron chi connectivity index (χ1n) is 10.8. The maximum Gasteiger partial charge on any atom is 0.291 e. The highest BCUT2D eigenvalue weighted by Gasteiger charge is 2.14. The molecule has 7 heteroatoms. The van der Waals surface area contributed by atoms with E-state index in [0.29, 0.717) is 16.8 Å². The number of amides is 1. The zero-order valence-corrected chi connectivity index (χ0v) is 18.4. The van der Waals surface area contributed by atoms with E-state index in [0.717, 1.165) is 34.5 Å². The summed E-state index contributed by atoms with van der Waals surface area (Å²) in [6.45, 7) is 0. The molecule has 1 amide bonds. The second-order valence-electron chi connectivity index (χ2n) is 7.81. The number of nitrogens with zero attached hydrogens (tertiary/aromatic N) is 1. The smallest absolute Gasteiger partial charge is 0.291 e. The van der Waals surface area contributed by atoms with Crippen molar-refractivity contribution in [3.05, 3.63) is 130 Å². The van der Waals surface area contributed by atoms with Gasteiger partial charge in [0.2, 0.25) is 0 Å². The Balaban J connectivity index is 1.36. The molecule has 0 unspecified atom stereocenters. The van der Waals surface area contributed by atoms with Gasteiger partial charge in [-0.3, -0.25) is 19.5 Å². The molecule has 0 aliphatic carbocycles. The Morgan fingerprint density at radius 1 is 0.857 bits per heavy atom. The molecular weight excluding hydrogens is 442 g/mol. The van der Waals surface area contributed by atoms with Crippen molar-refractivity contribution >= 4 is 40.4 Å². The van der Waals surface area contributed by atoms with Gasteiger partial charge < -0.3 is 9.73 Å². The van der Waals surface area contributed by atoms with E-state index in [1.807, 2.05) is 48.6 Å². The standard InChI is InChI=1S/C28H19N3O4/c32-22-13-14-35-26(17-22)28(34)29-21-8-4-7-19(15-21)27(33)20-10-11-23-24(30-31-25(23)16-20)12-9-18-5-2-1-3-6-18/h1-17H,(H,29,34)(H,30,31)/b12-9+. The quantitative estimate of drug-likeness (QED) is 0.340. The first kappa shape index (κ1) is 21.8. The Hall–Kier alpha value is -5.04. The number of fused-ring (bicyclic) bond motifs is 1. The lowest BCUT2D eigenvalue weighted by Crippen LogP contribution is -2.14. The van der Waals surface area contributed by atoms with E-state index >= 15 is 0 Å². The Morgan fingerprint density at radius 3 is 2.51 bits per heavy atom. The van der Waals surface area contributed by atoms with Crippen LogP contribution in [0.4, 0.5) is 5.69 Å². The Bertz CT molecular complexity index is 1630. The summed E-state index contributed by atoms with van der Waals surface area (Å²) in [6, 6.07) is 24.2. The van der Waals surface area contributed by atoms with E-state index in [4.69, 9.17) is 4.42 Å². The van der Waals surface area contributed by atoms with Gasteiger partial charge in [-0.05, 0) is 35.9 Å². The number of rotatable bonds is 6. The number of aromatic amines is 1. The number of anilines is 1. The van der Waals surface area contributed by atoms with Gasteiger partial charge in [-0.25, -0.2) is 0 Å². The predicted molar refractivity (Wildman–Crippen MR) is 134 cm³/mol. The minimum atomic E-state index is -0.581. The second kappa shape index (κ2) is 9.44. The lowest BCUT2D eigenvalue weighted by Gasteiger charge is -2.07. The maximum atomic E-state index is 13.1. The Labute approximate surface area is 199 Å². The molecule has 35 heavy (non-hydrogen) atoms. The van der Waals surface area contributed by atoms with Crippen LogP contribution in [0.25, 0.3) is 23.1 Å². The molecule has 0 radical (unpaired) electrons. The summed E-state index contributed by atoms with van der Waals surface area (Å²) in [5.41, 5.74) is 3.54. The van der Waals surface area contributed by atoms with Crippen LogP contribution in [0.15, 0.2) is 100 Å². The average molecular weight is 461 g/mol. The fourth-order valence-electron chi connectivity index (χ4n) is 3.65. The molecule has 3 aromatic carbocycles. The third kappa shape index (κ3) is 4.84. The molecular formula is C28H19N3O4. The number of hydrogen-bond donors (Lipinski definition) is 2. The van der Waals surface area contributed by atoms with E-state index in [2.05, 4.69) is 15.5 Å². The molecule has 0 aliphatic heterocycles. The minimum Gasteiger partial charge on any atom is -0.459 e. The number of hydrogen-bond acceptors (Lipinski definition) is 5. The van der Waals surface area contributed by atoms with E-state index < -0.39 is 5.91 Å². The van der Waals surface area contributed by atoms with Crippen LogP contribution in [0.2, 0.25) is 0 Å².